The average Bonchev–Trinajstić information content (AvgIpc) is 2.73. The number of ether oxygens (including phenoxy) is 1. The summed E-state index contributed by atoms with van der Waals surface area (Å²) >= 11 is 1.46. The van der Waals surface area contributed by atoms with Crippen LogP contribution in [0.25, 0.3) is 0 Å². The lowest BCUT2D eigenvalue weighted by molar-refractivity contribution is 0.101. The molecule has 28 heavy (non-hydrogen) atoms. The Hall–Kier alpha value is -3.05. The van der Waals surface area contributed by atoms with Gasteiger partial charge >= 0.3 is 0 Å². The quantitative estimate of drug-likeness (QED) is 0.442. The molecule has 3 rings (SSSR count). The van der Waals surface area contributed by atoms with Crippen molar-refractivity contribution in [3.05, 3.63) is 89.5 Å². The zero-order valence-corrected chi connectivity index (χ0v) is 16.6. The Bertz CT molecular complexity index is 966. The van der Waals surface area contributed by atoms with Gasteiger partial charge in [0.1, 0.15) is 5.75 Å². The van der Waals surface area contributed by atoms with E-state index in [0.29, 0.717) is 28.3 Å². The fraction of sp³-hybridized carbons (Fsp3) is 0.130. The molecule has 0 radical (unpaired) electrons. The third kappa shape index (κ3) is 5.24. The summed E-state index contributed by atoms with van der Waals surface area (Å²) in [5.41, 5.74) is 3.08. The Labute approximate surface area is 168 Å². The van der Waals surface area contributed by atoms with Crippen LogP contribution in [0.4, 0.5) is 5.69 Å². The van der Waals surface area contributed by atoms with Crippen molar-refractivity contribution in [1.82, 2.24) is 0 Å². The van der Waals surface area contributed by atoms with Crippen LogP contribution in [0.2, 0.25) is 0 Å². The standard InChI is InChI=1S/C23H21NO3S/c1-16-6-8-17(9-7-16)23(26)24-19-10-12-21(13-11-19)28-15-22(25)18-4-3-5-20(14-18)27-2/h3-14H,15H2,1-2H3,(H,24,26). The topological polar surface area (TPSA) is 55.4 Å². The summed E-state index contributed by atoms with van der Waals surface area (Å²) < 4.78 is 5.16. The molecule has 0 saturated carbocycles. The highest BCUT2D eigenvalue weighted by Crippen LogP contribution is 2.23. The van der Waals surface area contributed by atoms with Crippen molar-refractivity contribution in [3.8, 4) is 5.75 Å². The van der Waals surface area contributed by atoms with E-state index >= 15 is 0 Å². The third-order valence-electron chi connectivity index (χ3n) is 4.19. The van der Waals surface area contributed by atoms with E-state index in [-0.39, 0.29) is 11.7 Å². The van der Waals surface area contributed by atoms with E-state index < -0.39 is 0 Å². The molecule has 0 aliphatic carbocycles. The number of anilines is 1. The Balaban J connectivity index is 1.56. The first kappa shape index (κ1) is 19.7. The molecule has 1 amide bonds. The Morgan fingerprint density at radius 2 is 1.64 bits per heavy atom. The number of hydrogen-bond donors (Lipinski definition) is 1. The predicted octanol–water partition coefficient (Wildman–Crippen LogP) is 5.23. The molecule has 0 heterocycles. The minimum Gasteiger partial charge on any atom is -0.497 e. The highest BCUT2D eigenvalue weighted by molar-refractivity contribution is 8.00. The van der Waals surface area contributed by atoms with Gasteiger partial charge in [0.2, 0.25) is 0 Å². The van der Waals surface area contributed by atoms with Gasteiger partial charge in [-0.15, -0.1) is 11.8 Å². The number of rotatable bonds is 7. The van der Waals surface area contributed by atoms with Crippen LogP contribution in [0.3, 0.4) is 0 Å². The van der Waals surface area contributed by atoms with Crippen LogP contribution in [-0.4, -0.2) is 24.6 Å². The first-order valence-corrected chi connectivity index (χ1v) is 9.82. The predicted molar refractivity (Wildman–Crippen MR) is 114 cm³/mol. The van der Waals surface area contributed by atoms with Gasteiger partial charge in [-0.3, -0.25) is 9.59 Å². The zero-order valence-electron chi connectivity index (χ0n) is 15.8. The lowest BCUT2D eigenvalue weighted by Gasteiger charge is -2.07. The van der Waals surface area contributed by atoms with Crippen molar-refractivity contribution < 1.29 is 14.3 Å². The van der Waals surface area contributed by atoms with E-state index in [4.69, 9.17) is 4.74 Å². The largest absolute Gasteiger partial charge is 0.497 e. The summed E-state index contributed by atoms with van der Waals surface area (Å²) in [5.74, 6) is 0.904. The number of hydrogen-bond acceptors (Lipinski definition) is 4. The second kappa shape index (κ2) is 9.24. The van der Waals surface area contributed by atoms with Gasteiger partial charge in [-0.05, 0) is 55.5 Å². The van der Waals surface area contributed by atoms with Crippen LogP contribution in [0, 0.1) is 6.92 Å². The van der Waals surface area contributed by atoms with E-state index in [9.17, 15) is 9.59 Å². The number of Topliss-reactive ketones (excluding diaryl/α,β-unsaturated/α-hetero) is 1. The molecular weight excluding hydrogens is 370 g/mol. The van der Waals surface area contributed by atoms with E-state index in [1.165, 1.54) is 11.8 Å². The Morgan fingerprint density at radius 3 is 2.32 bits per heavy atom. The van der Waals surface area contributed by atoms with E-state index in [1.54, 1.807) is 31.4 Å². The first-order valence-electron chi connectivity index (χ1n) is 8.83. The monoisotopic (exact) mass is 391 g/mol. The molecule has 0 aromatic heterocycles. The number of benzene rings is 3. The summed E-state index contributed by atoms with van der Waals surface area (Å²) in [7, 11) is 1.58. The number of amides is 1. The molecule has 1 N–H and O–H groups in total. The highest BCUT2D eigenvalue weighted by Gasteiger charge is 2.09. The van der Waals surface area contributed by atoms with Crippen LogP contribution in [0.5, 0.6) is 5.75 Å². The number of ketones is 1. The molecule has 0 aliphatic rings. The van der Waals surface area contributed by atoms with Crippen LogP contribution in [0.15, 0.2) is 77.7 Å². The normalized spacial score (nSPS) is 10.4. The van der Waals surface area contributed by atoms with Crippen molar-refractivity contribution in [3.63, 3.8) is 0 Å². The number of aryl methyl sites for hydroxylation is 1. The van der Waals surface area contributed by atoms with Crippen LogP contribution in [-0.2, 0) is 0 Å². The first-order chi connectivity index (χ1) is 13.5. The third-order valence-corrected chi connectivity index (χ3v) is 5.20. The van der Waals surface area contributed by atoms with Crippen molar-refractivity contribution in [2.24, 2.45) is 0 Å². The lowest BCUT2D eigenvalue weighted by atomic mass is 10.1. The molecule has 0 atom stereocenters. The molecule has 0 unspecified atom stereocenters. The maximum absolute atomic E-state index is 12.3. The second-order valence-corrected chi connectivity index (χ2v) is 7.34. The van der Waals surface area contributed by atoms with Crippen molar-refractivity contribution in [2.45, 2.75) is 11.8 Å². The van der Waals surface area contributed by atoms with Gasteiger partial charge < -0.3 is 10.1 Å². The van der Waals surface area contributed by atoms with Crippen LogP contribution < -0.4 is 10.1 Å². The average molecular weight is 391 g/mol. The zero-order chi connectivity index (χ0) is 19.9. The summed E-state index contributed by atoms with van der Waals surface area (Å²) in [6.07, 6.45) is 0. The summed E-state index contributed by atoms with van der Waals surface area (Å²) in [4.78, 5) is 25.6. The van der Waals surface area contributed by atoms with Gasteiger partial charge in [0, 0.05) is 21.7 Å². The highest BCUT2D eigenvalue weighted by atomic mass is 32.2. The summed E-state index contributed by atoms with van der Waals surface area (Å²) in [6.45, 7) is 1.98. The smallest absolute Gasteiger partial charge is 0.255 e. The second-order valence-electron chi connectivity index (χ2n) is 6.29. The van der Waals surface area contributed by atoms with Gasteiger partial charge in [-0.2, -0.15) is 0 Å². The van der Waals surface area contributed by atoms with Crippen LogP contribution in [0.1, 0.15) is 26.3 Å². The van der Waals surface area contributed by atoms with Gasteiger partial charge in [-0.1, -0.05) is 29.8 Å². The van der Waals surface area contributed by atoms with E-state index in [1.807, 2.05) is 55.5 Å². The molecule has 3 aromatic rings. The minimum atomic E-state index is -0.145. The molecule has 0 aliphatic heterocycles. The fourth-order valence-electron chi connectivity index (χ4n) is 2.57. The molecule has 0 fully saturated rings. The van der Waals surface area contributed by atoms with E-state index in [0.717, 1.165) is 10.5 Å². The summed E-state index contributed by atoms with van der Waals surface area (Å²) in [6, 6.07) is 22.1. The van der Waals surface area contributed by atoms with Crippen molar-refractivity contribution >= 4 is 29.1 Å². The number of methoxy groups -OCH3 is 1. The van der Waals surface area contributed by atoms with Gasteiger partial charge in [0.05, 0.1) is 12.9 Å². The van der Waals surface area contributed by atoms with Crippen molar-refractivity contribution in [1.29, 1.82) is 0 Å². The maximum Gasteiger partial charge on any atom is 0.255 e. The molecule has 5 heteroatoms. The molecule has 0 spiro atoms. The molecule has 4 nitrogen and oxygen atoms in total. The molecular formula is C23H21NO3S. The Morgan fingerprint density at radius 1 is 0.929 bits per heavy atom. The lowest BCUT2D eigenvalue weighted by Crippen LogP contribution is -2.11. The Kier molecular flexibility index (Phi) is 6.50. The number of carbonyl (C=O) groups excluding carboxylic acids is 2. The molecule has 0 saturated heterocycles. The van der Waals surface area contributed by atoms with Gasteiger partial charge in [0.15, 0.2) is 5.78 Å². The van der Waals surface area contributed by atoms with Gasteiger partial charge in [0.25, 0.3) is 5.91 Å². The molecule has 142 valence electrons. The summed E-state index contributed by atoms with van der Waals surface area (Å²) in [5, 5.41) is 2.88. The number of carbonyl (C=O) groups is 2. The maximum atomic E-state index is 12.3. The fourth-order valence-corrected chi connectivity index (χ4v) is 3.36. The van der Waals surface area contributed by atoms with Gasteiger partial charge in [-0.25, -0.2) is 0 Å². The minimum absolute atomic E-state index is 0.0423. The molecule has 3 aromatic carbocycles. The van der Waals surface area contributed by atoms with Crippen LogP contribution >= 0.6 is 11.8 Å². The number of nitrogens with one attached hydrogen (secondary N) is 1. The van der Waals surface area contributed by atoms with E-state index in [2.05, 4.69) is 5.32 Å². The number of thioether (sulfide) groups is 1. The molecule has 0 bridgehead atoms. The SMILES string of the molecule is COc1cccc(C(=O)CSc2ccc(NC(=O)c3ccc(C)cc3)cc2)c1. The van der Waals surface area contributed by atoms with Crippen molar-refractivity contribution in [2.75, 3.05) is 18.2 Å².